The molecular weight excluding hydrogens is 554 g/mol. The zero-order chi connectivity index (χ0) is 30.9. The Morgan fingerprint density at radius 1 is 1.16 bits per heavy atom. The highest BCUT2D eigenvalue weighted by atomic mass is 16.6. The maximum Gasteiger partial charge on any atom is 0.306 e. The SMILES string of the molecule is CC(C)(C)OC(=O)CC[C@]1(C(=O)N2CCOCC2)N=C(c2ccc(OCCCO)cc2)O[C@H]1c1ccccc1CN=[N+]=[N-]. The van der Waals surface area contributed by atoms with Gasteiger partial charge < -0.3 is 29.0 Å². The molecule has 2 aromatic carbocycles. The molecule has 2 aliphatic heterocycles. The summed E-state index contributed by atoms with van der Waals surface area (Å²) in [5, 5.41) is 12.8. The number of nitrogens with zero attached hydrogens (tertiary/aromatic N) is 5. The maximum absolute atomic E-state index is 14.5. The Kier molecular flexibility index (Phi) is 10.6. The zero-order valence-corrected chi connectivity index (χ0v) is 24.9. The van der Waals surface area contributed by atoms with Crippen LogP contribution in [0, 0.1) is 0 Å². The van der Waals surface area contributed by atoms with Crippen LogP contribution in [0.15, 0.2) is 58.6 Å². The topological polar surface area (TPSA) is 156 Å². The molecule has 0 saturated carbocycles. The Hall–Kier alpha value is -4.12. The summed E-state index contributed by atoms with van der Waals surface area (Å²) in [7, 11) is 0. The van der Waals surface area contributed by atoms with Crippen LogP contribution < -0.4 is 4.74 Å². The van der Waals surface area contributed by atoms with E-state index in [2.05, 4.69) is 10.0 Å². The first-order valence-electron chi connectivity index (χ1n) is 14.4. The van der Waals surface area contributed by atoms with Crippen molar-refractivity contribution in [1.82, 2.24) is 4.90 Å². The van der Waals surface area contributed by atoms with Crippen LogP contribution in [0.25, 0.3) is 10.4 Å². The highest BCUT2D eigenvalue weighted by molar-refractivity contribution is 6.01. The van der Waals surface area contributed by atoms with Crippen molar-refractivity contribution in [2.45, 2.75) is 63.8 Å². The summed E-state index contributed by atoms with van der Waals surface area (Å²) in [6, 6.07) is 14.4. The van der Waals surface area contributed by atoms with Crippen LogP contribution >= 0.6 is 0 Å². The van der Waals surface area contributed by atoms with E-state index in [1.54, 1.807) is 49.9 Å². The first-order chi connectivity index (χ1) is 20.7. The number of morpholine rings is 1. The predicted octanol–water partition coefficient (Wildman–Crippen LogP) is 4.50. The number of rotatable bonds is 12. The number of carbonyl (C=O) groups excluding carboxylic acids is 2. The summed E-state index contributed by atoms with van der Waals surface area (Å²) in [6.07, 6.45) is -0.436. The summed E-state index contributed by atoms with van der Waals surface area (Å²) in [5.41, 5.74) is 8.78. The van der Waals surface area contributed by atoms with Crippen molar-refractivity contribution in [1.29, 1.82) is 0 Å². The van der Waals surface area contributed by atoms with Gasteiger partial charge in [-0.1, -0.05) is 29.4 Å². The number of azide groups is 1. The van der Waals surface area contributed by atoms with Gasteiger partial charge in [-0.2, -0.15) is 0 Å². The van der Waals surface area contributed by atoms with E-state index in [0.717, 1.165) is 0 Å². The number of benzene rings is 2. The lowest BCUT2D eigenvalue weighted by Gasteiger charge is -2.37. The van der Waals surface area contributed by atoms with E-state index in [-0.39, 0.29) is 37.8 Å². The average molecular weight is 594 g/mol. The molecule has 1 saturated heterocycles. The Labute approximate surface area is 251 Å². The lowest BCUT2D eigenvalue weighted by molar-refractivity contribution is -0.156. The van der Waals surface area contributed by atoms with Gasteiger partial charge in [0.05, 0.1) is 26.4 Å². The monoisotopic (exact) mass is 593 g/mol. The first kappa shape index (κ1) is 31.8. The van der Waals surface area contributed by atoms with Crippen molar-refractivity contribution >= 4 is 17.8 Å². The zero-order valence-electron chi connectivity index (χ0n) is 24.9. The van der Waals surface area contributed by atoms with Crippen LogP contribution in [0.3, 0.4) is 0 Å². The van der Waals surface area contributed by atoms with Gasteiger partial charge in [0.25, 0.3) is 5.91 Å². The van der Waals surface area contributed by atoms with E-state index in [9.17, 15) is 9.59 Å². The van der Waals surface area contributed by atoms with E-state index >= 15 is 0 Å². The molecule has 230 valence electrons. The minimum absolute atomic E-state index is 0.0322. The molecule has 0 aromatic heterocycles. The molecule has 0 radical (unpaired) electrons. The fraction of sp³-hybridized carbons (Fsp3) is 0.516. The highest BCUT2D eigenvalue weighted by Crippen LogP contribution is 2.45. The Bertz CT molecular complexity index is 1350. The summed E-state index contributed by atoms with van der Waals surface area (Å²) >= 11 is 0. The van der Waals surface area contributed by atoms with Gasteiger partial charge in [-0.3, -0.25) is 9.59 Å². The van der Waals surface area contributed by atoms with Crippen LogP contribution in [0.2, 0.25) is 0 Å². The van der Waals surface area contributed by atoms with Crippen molar-refractivity contribution in [2.75, 3.05) is 39.5 Å². The highest BCUT2D eigenvalue weighted by Gasteiger charge is 2.55. The molecule has 0 unspecified atom stereocenters. The standard InChI is InChI=1S/C31H39N5O7/c1-30(2,3)43-26(38)13-14-31(29(39)36-15-19-40-20-16-36)27(25-8-5-4-7-23(25)21-33-35-32)42-28(34-31)22-9-11-24(12-10-22)41-18-6-17-37/h4-5,7-12,27,37H,6,13-21H2,1-3H3/t27-,31-/m0/s1. The molecule has 2 aromatic rings. The van der Waals surface area contributed by atoms with Crippen molar-refractivity contribution in [3.63, 3.8) is 0 Å². The Morgan fingerprint density at radius 3 is 2.56 bits per heavy atom. The summed E-state index contributed by atoms with van der Waals surface area (Å²) < 4.78 is 23.3. The molecule has 1 fully saturated rings. The van der Waals surface area contributed by atoms with E-state index in [0.29, 0.717) is 61.8 Å². The minimum atomic E-state index is -1.51. The number of amides is 1. The number of ether oxygens (including phenoxy) is 4. The average Bonchev–Trinajstić information content (AvgIpc) is 3.39. The van der Waals surface area contributed by atoms with Crippen molar-refractivity contribution in [2.24, 2.45) is 10.1 Å². The largest absolute Gasteiger partial charge is 0.494 e. The molecular formula is C31H39N5O7. The fourth-order valence-corrected chi connectivity index (χ4v) is 5.10. The predicted molar refractivity (Wildman–Crippen MR) is 159 cm³/mol. The second kappa shape index (κ2) is 14.4. The molecule has 4 rings (SSSR count). The number of aliphatic imine (C=N–C) groups is 1. The van der Waals surface area contributed by atoms with Gasteiger partial charge >= 0.3 is 5.97 Å². The minimum Gasteiger partial charge on any atom is -0.494 e. The van der Waals surface area contributed by atoms with Crippen molar-refractivity contribution < 1.29 is 33.6 Å². The molecule has 12 nitrogen and oxygen atoms in total. The van der Waals surface area contributed by atoms with Gasteiger partial charge in [0.1, 0.15) is 11.4 Å². The lowest BCUT2D eigenvalue weighted by Crippen LogP contribution is -2.53. The van der Waals surface area contributed by atoms with Crippen molar-refractivity contribution in [3.05, 3.63) is 75.7 Å². The summed E-state index contributed by atoms with van der Waals surface area (Å²) in [5.74, 6) is 0.140. The first-order valence-corrected chi connectivity index (χ1v) is 14.4. The molecule has 1 amide bonds. The number of hydrogen-bond acceptors (Lipinski definition) is 9. The quantitative estimate of drug-likeness (QED) is 0.125. The molecule has 12 heteroatoms. The molecule has 0 aliphatic carbocycles. The van der Waals surface area contributed by atoms with Crippen molar-refractivity contribution in [3.8, 4) is 5.75 Å². The summed E-state index contributed by atoms with van der Waals surface area (Å²) in [6.45, 7) is 7.38. The maximum atomic E-state index is 14.5. The van der Waals surface area contributed by atoms with Crippen LogP contribution in [0.5, 0.6) is 5.75 Å². The van der Waals surface area contributed by atoms with E-state index in [1.165, 1.54) is 0 Å². The van der Waals surface area contributed by atoms with Crippen LogP contribution in [-0.2, 0) is 30.3 Å². The van der Waals surface area contributed by atoms with Crippen LogP contribution in [-0.4, -0.2) is 78.4 Å². The molecule has 43 heavy (non-hydrogen) atoms. The van der Waals surface area contributed by atoms with Gasteiger partial charge in [-0.15, -0.1) is 0 Å². The molecule has 1 N–H and O–H groups in total. The molecule has 0 spiro atoms. The second-order valence-corrected chi connectivity index (χ2v) is 11.4. The normalized spacial score (nSPS) is 20.0. The fourth-order valence-electron chi connectivity index (χ4n) is 5.10. The van der Waals surface area contributed by atoms with Gasteiger partial charge in [0, 0.05) is 43.0 Å². The number of aliphatic hydroxyl groups is 1. The Balaban J connectivity index is 1.79. The molecule has 2 atom stereocenters. The molecule has 2 heterocycles. The van der Waals surface area contributed by atoms with Gasteiger partial charge in [-0.05, 0) is 68.1 Å². The smallest absolute Gasteiger partial charge is 0.306 e. The Morgan fingerprint density at radius 2 is 1.88 bits per heavy atom. The van der Waals surface area contributed by atoms with E-state index < -0.39 is 23.2 Å². The third-order valence-electron chi connectivity index (χ3n) is 7.08. The van der Waals surface area contributed by atoms with E-state index in [4.69, 9.17) is 34.6 Å². The van der Waals surface area contributed by atoms with Gasteiger partial charge in [0.15, 0.2) is 11.6 Å². The number of aliphatic hydroxyl groups excluding tert-OH is 1. The third-order valence-corrected chi connectivity index (χ3v) is 7.08. The third kappa shape index (κ3) is 8.04. The molecule has 2 aliphatic rings. The molecule has 0 bridgehead atoms. The number of carbonyl (C=O) groups is 2. The van der Waals surface area contributed by atoms with E-state index in [1.807, 2.05) is 24.3 Å². The number of esters is 1. The summed E-state index contributed by atoms with van der Waals surface area (Å²) in [4.78, 5) is 37.1. The van der Waals surface area contributed by atoms with Gasteiger partial charge in [-0.25, -0.2) is 4.99 Å². The second-order valence-electron chi connectivity index (χ2n) is 11.4. The van der Waals surface area contributed by atoms with Crippen LogP contribution in [0.4, 0.5) is 0 Å². The van der Waals surface area contributed by atoms with Gasteiger partial charge in [0.2, 0.25) is 5.90 Å². The lowest BCUT2D eigenvalue weighted by atomic mass is 9.81. The van der Waals surface area contributed by atoms with Crippen LogP contribution in [0.1, 0.15) is 62.8 Å². The number of hydrogen-bond donors (Lipinski definition) is 1.